The molecule has 1 aliphatic rings. The average Bonchev–Trinajstić information content (AvgIpc) is 3.09. The van der Waals surface area contributed by atoms with Gasteiger partial charge in [-0.2, -0.15) is 0 Å². The summed E-state index contributed by atoms with van der Waals surface area (Å²) < 4.78 is 15.5. The van der Waals surface area contributed by atoms with Gasteiger partial charge in [0.25, 0.3) is 5.91 Å². The topological polar surface area (TPSA) is 102 Å². The summed E-state index contributed by atoms with van der Waals surface area (Å²) in [7, 11) is 2.87. The molecular formula is C24H26N2O7. The Hall–Kier alpha value is -3.56. The third-order valence-corrected chi connectivity index (χ3v) is 5.25. The molecule has 0 radical (unpaired) electrons. The van der Waals surface area contributed by atoms with Gasteiger partial charge in [0.05, 0.1) is 25.1 Å². The number of anilines is 1. The van der Waals surface area contributed by atoms with Crippen LogP contribution >= 0.6 is 0 Å². The summed E-state index contributed by atoms with van der Waals surface area (Å²) in [4.78, 5) is 52.8. The maximum absolute atomic E-state index is 13.3. The third kappa shape index (κ3) is 5.82. The Labute approximate surface area is 191 Å². The van der Waals surface area contributed by atoms with E-state index in [4.69, 9.17) is 14.2 Å². The number of imide groups is 1. The van der Waals surface area contributed by atoms with E-state index in [1.54, 1.807) is 0 Å². The molecule has 3 amide bonds. The zero-order valence-corrected chi connectivity index (χ0v) is 18.7. The Morgan fingerprint density at radius 2 is 1.67 bits per heavy atom. The Bertz CT molecular complexity index is 1000. The molecule has 3 rings (SSSR count). The molecule has 1 saturated heterocycles. The van der Waals surface area contributed by atoms with Crippen molar-refractivity contribution in [3.63, 3.8) is 0 Å². The number of hydrogen-bond donors (Lipinski definition) is 0. The fourth-order valence-electron chi connectivity index (χ4n) is 3.64. The minimum Gasteiger partial charge on any atom is -0.427 e. The number of hydrogen-bond acceptors (Lipinski definition) is 7. The predicted molar refractivity (Wildman–Crippen MR) is 118 cm³/mol. The number of rotatable bonds is 9. The zero-order chi connectivity index (χ0) is 24.0. The molecule has 174 valence electrons. The van der Waals surface area contributed by atoms with Crippen LogP contribution < -0.4 is 9.64 Å². The van der Waals surface area contributed by atoms with E-state index < -0.39 is 30.1 Å². The van der Waals surface area contributed by atoms with Crippen molar-refractivity contribution in [2.75, 3.05) is 25.7 Å². The predicted octanol–water partition coefficient (Wildman–Crippen LogP) is 1.93. The Morgan fingerprint density at radius 1 is 1.03 bits per heavy atom. The average molecular weight is 454 g/mol. The van der Waals surface area contributed by atoms with E-state index in [2.05, 4.69) is 0 Å². The van der Waals surface area contributed by atoms with Gasteiger partial charge in [0.1, 0.15) is 11.8 Å². The molecule has 1 aliphatic heterocycles. The molecule has 33 heavy (non-hydrogen) atoms. The van der Waals surface area contributed by atoms with Crippen LogP contribution in [0.25, 0.3) is 0 Å². The van der Waals surface area contributed by atoms with Crippen LogP contribution in [0.4, 0.5) is 5.69 Å². The van der Waals surface area contributed by atoms with Crippen LogP contribution in [0.5, 0.6) is 5.75 Å². The molecule has 0 N–H and O–H groups in total. The summed E-state index contributed by atoms with van der Waals surface area (Å²) in [5, 5.41) is 0. The maximum atomic E-state index is 13.3. The number of esters is 1. The van der Waals surface area contributed by atoms with E-state index in [0.29, 0.717) is 11.4 Å². The van der Waals surface area contributed by atoms with Crippen molar-refractivity contribution in [1.29, 1.82) is 0 Å². The standard InChI is InChI=1S/C24H26N2O7/c1-16(27)33-19-11-9-18(10-12-19)26-22(29)14-20(24(26)30)25(15-23(31-2)32-3)21(28)13-17-7-5-4-6-8-17/h4-12,20,23H,13-15H2,1-3H3. The summed E-state index contributed by atoms with van der Waals surface area (Å²) in [6, 6.07) is 14.2. The molecule has 1 fully saturated rings. The summed E-state index contributed by atoms with van der Waals surface area (Å²) in [5.74, 6) is -1.46. The number of methoxy groups -OCH3 is 2. The van der Waals surface area contributed by atoms with Gasteiger partial charge in [-0.3, -0.25) is 19.2 Å². The lowest BCUT2D eigenvalue weighted by Crippen LogP contribution is -2.49. The first-order valence-corrected chi connectivity index (χ1v) is 10.4. The monoisotopic (exact) mass is 454 g/mol. The highest BCUT2D eigenvalue weighted by molar-refractivity contribution is 6.23. The van der Waals surface area contributed by atoms with Crippen molar-refractivity contribution in [2.24, 2.45) is 0 Å². The second-order valence-electron chi connectivity index (χ2n) is 7.48. The summed E-state index contributed by atoms with van der Waals surface area (Å²) >= 11 is 0. The van der Waals surface area contributed by atoms with E-state index in [1.165, 1.54) is 50.3 Å². The van der Waals surface area contributed by atoms with Gasteiger partial charge in [0.2, 0.25) is 11.8 Å². The molecule has 9 nitrogen and oxygen atoms in total. The highest BCUT2D eigenvalue weighted by Crippen LogP contribution is 2.28. The second-order valence-corrected chi connectivity index (χ2v) is 7.48. The van der Waals surface area contributed by atoms with Crippen molar-refractivity contribution in [2.45, 2.75) is 32.1 Å². The van der Waals surface area contributed by atoms with Crippen molar-refractivity contribution in [1.82, 2.24) is 4.90 Å². The van der Waals surface area contributed by atoms with Gasteiger partial charge >= 0.3 is 5.97 Å². The second kappa shape index (κ2) is 10.8. The fraction of sp³-hybridized carbons (Fsp3) is 0.333. The number of ether oxygens (including phenoxy) is 3. The van der Waals surface area contributed by atoms with Crippen molar-refractivity contribution < 1.29 is 33.4 Å². The quantitative estimate of drug-likeness (QED) is 0.247. The first-order valence-electron chi connectivity index (χ1n) is 10.4. The van der Waals surface area contributed by atoms with E-state index >= 15 is 0 Å². The fourth-order valence-corrected chi connectivity index (χ4v) is 3.64. The van der Waals surface area contributed by atoms with Crippen molar-refractivity contribution in [3.05, 3.63) is 60.2 Å². The molecule has 0 bridgehead atoms. The van der Waals surface area contributed by atoms with Crippen LogP contribution in [-0.4, -0.2) is 61.7 Å². The minimum absolute atomic E-state index is 0.0123. The van der Waals surface area contributed by atoms with Gasteiger partial charge in [-0.05, 0) is 29.8 Å². The number of carbonyl (C=O) groups is 4. The third-order valence-electron chi connectivity index (χ3n) is 5.25. The van der Waals surface area contributed by atoms with Crippen molar-refractivity contribution >= 4 is 29.4 Å². The van der Waals surface area contributed by atoms with Gasteiger partial charge in [-0.15, -0.1) is 0 Å². The van der Waals surface area contributed by atoms with Crippen LogP contribution in [0.15, 0.2) is 54.6 Å². The number of carbonyl (C=O) groups excluding carboxylic acids is 4. The summed E-state index contributed by atoms with van der Waals surface area (Å²) in [6.45, 7) is 1.27. The zero-order valence-electron chi connectivity index (χ0n) is 18.7. The van der Waals surface area contributed by atoms with E-state index in [-0.39, 0.29) is 25.3 Å². The SMILES string of the molecule is COC(CN(C(=O)Cc1ccccc1)C1CC(=O)N(c2ccc(OC(C)=O)cc2)C1=O)OC. The molecule has 9 heteroatoms. The van der Waals surface area contributed by atoms with E-state index in [9.17, 15) is 19.2 Å². The van der Waals surface area contributed by atoms with Gasteiger partial charge in [0, 0.05) is 21.1 Å². The molecule has 2 aromatic rings. The molecule has 0 aromatic heterocycles. The smallest absolute Gasteiger partial charge is 0.308 e. The summed E-state index contributed by atoms with van der Waals surface area (Å²) in [6.07, 6.45) is -0.856. The van der Waals surface area contributed by atoms with Gasteiger partial charge in [-0.25, -0.2) is 4.90 Å². The lowest BCUT2D eigenvalue weighted by atomic mass is 10.1. The highest BCUT2D eigenvalue weighted by Gasteiger charge is 2.44. The number of benzene rings is 2. The molecule has 2 aromatic carbocycles. The molecule has 0 aliphatic carbocycles. The van der Waals surface area contributed by atoms with Gasteiger partial charge < -0.3 is 19.1 Å². The van der Waals surface area contributed by atoms with Crippen LogP contribution in [-0.2, 0) is 35.1 Å². The normalized spacial score (nSPS) is 15.8. The molecular weight excluding hydrogens is 428 g/mol. The number of amides is 3. The first-order chi connectivity index (χ1) is 15.8. The lowest BCUT2D eigenvalue weighted by Gasteiger charge is -2.30. The Balaban J connectivity index is 1.84. The Morgan fingerprint density at radius 3 is 2.24 bits per heavy atom. The largest absolute Gasteiger partial charge is 0.427 e. The molecule has 1 heterocycles. The van der Waals surface area contributed by atoms with Crippen LogP contribution in [0.3, 0.4) is 0 Å². The van der Waals surface area contributed by atoms with Gasteiger partial charge in [0.15, 0.2) is 6.29 Å². The van der Waals surface area contributed by atoms with Crippen molar-refractivity contribution in [3.8, 4) is 5.75 Å². The highest BCUT2D eigenvalue weighted by atomic mass is 16.7. The maximum Gasteiger partial charge on any atom is 0.308 e. The first kappa shape index (κ1) is 24.1. The molecule has 1 atom stereocenters. The van der Waals surface area contributed by atoms with Crippen LogP contribution in [0.1, 0.15) is 18.9 Å². The van der Waals surface area contributed by atoms with Gasteiger partial charge in [-0.1, -0.05) is 30.3 Å². The number of nitrogens with zero attached hydrogens (tertiary/aromatic N) is 2. The van der Waals surface area contributed by atoms with Crippen LogP contribution in [0, 0.1) is 0 Å². The van der Waals surface area contributed by atoms with Crippen LogP contribution in [0.2, 0.25) is 0 Å². The van der Waals surface area contributed by atoms with E-state index in [0.717, 1.165) is 10.5 Å². The summed E-state index contributed by atoms with van der Waals surface area (Å²) in [5.41, 5.74) is 1.11. The Kier molecular flexibility index (Phi) is 7.92. The molecule has 0 saturated carbocycles. The minimum atomic E-state index is -0.991. The lowest BCUT2D eigenvalue weighted by molar-refractivity contribution is -0.152. The molecule has 1 unspecified atom stereocenters. The van der Waals surface area contributed by atoms with E-state index in [1.807, 2.05) is 30.3 Å². The molecule has 0 spiro atoms.